The minimum Gasteiger partial charge on any atom is -0.352 e. The second kappa shape index (κ2) is 11.3. The van der Waals surface area contributed by atoms with E-state index in [-0.39, 0.29) is 11.8 Å². The number of unbranched alkanes of at least 4 members (excludes halogenated alkanes) is 2. The van der Waals surface area contributed by atoms with Crippen molar-refractivity contribution in [3.8, 4) is 0 Å². The molecule has 30 heavy (non-hydrogen) atoms. The maximum absolute atomic E-state index is 12.6. The van der Waals surface area contributed by atoms with Crippen LogP contribution in [0, 0.1) is 0 Å². The van der Waals surface area contributed by atoms with Crippen LogP contribution in [0.25, 0.3) is 0 Å². The Hall–Kier alpha value is -2.08. The number of nitrogens with zero attached hydrogens (tertiary/aromatic N) is 2. The predicted molar refractivity (Wildman–Crippen MR) is 121 cm³/mol. The van der Waals surface area contributed by atoms with Gasteiger partial charge in [0.05, 0.1) is 10.6 Å². The summed E-state index contributed by atoms with van der Waals surface area (Å²) < 4.78 is 0. The summed E-state index contributed by atoms with van der Waals surface area (Å²) in [6.07, 6.45) is 3.08. The van der Waals surface area contributed by atoms with Crippen molar-refractivity contribution in [1.29, 1.82) is 0 Å². The molecule has 0 aromatic heterocycles. The Morgan fingerprint density at radius 2 is 1.57 bits per heavy atom. The van der Waals surface area contributed by atoms with Gasteiger partial charge in [0.25, 0.3) is 11.8 Å². The number of nitrogens with one attached hydrogen (secondary N) is 1. The molecule has 0 bridgehead atoms. The number of benzene rings is 2. The molecule has 2 aromatic carbocycles. The number of rotatable bonds is 8. The summed E-state index contributed by atoms with van der Waals surface area (Å²) in [5.74, 6) is -0.0531. The van der Waals surface area contributed by atoms with Crippen molar-refractivity contribution in [3.63, 3.8) is 0 Å². The van der Waals surface area contributed by atoms with Crippen molar-refractivity contribution < 1.29 is 9.59 Å². The zero-order chi connectivity index (χ0) is 21.3. The van der Waals surface area contributed by atoms with Gasteiger partial charge in [-0.25, -0.2) is 0 Å². The molecule has 5 nitrogen and oxygen atoms in total. The normalized spacial score (nSPS) is 14.5. The van der Waals surface area contributed by atoms with Crippen LogP contribution >= 0.6 is 23.2 Å². The summed E-state index contributed by atoms with van der Waals surface area (Å²) >= 11 is 12.0. The molecule has 3 rings (SSSR count). The standard InChI is InChI=1S/C23H27Cl2N3O2/c24-19-10-8-18(9-11-19)22(29)26-12-4-1-5-13-27-14-16-28(17-15-27)23(30)20-6-2-3-7-21(20)25/h2-3,6-11H,1,4-5,12-17H2,(H,26,29). The zero-order valence-electron chi connectivity index (χ0n) is 16.9. The number of amides is 2. The predicted octanol–water partition coefficient (Wildman–Crippen LogP) is 4.35. The molecule has 0 radical (unpaired) electrons. The molecule has 0 aliphatic carbocycles. The van der Waals surface area contributed by atoms with E-state index in [2.05, 4.69) is 10.2 Å². The molecule has 1 N–H and O–H groups in total. The maximum atomic E-state index is 12.6. The summed E-state index contributed by atoms with van der Waals surface area (Å²) in [6, 6.07) is 14.1. The minimum absolute atomic E-state index is 0.0108. The van der Waals surface area contributed by atoms with Crippen LogP contribution in [0.1, 0.15) is 40.0 Å². The molecule has 0 unspecified atom stereocenters. The minimum atomic E-state index is -0.0639. The van der Waals surface area contributed by atoms with Crippen LogP contribution in [0.5, 0.6) is 0 Å². The van der Waals surface area contributed by atoms with Gasteiger partial charge in [0.15, 0.2) is 0 Å². The SMILES string of the molecule is O=C(NCCCCCN1CCN(C(=O)c2ccccc2Cl)CC1)c1ccc(Cl)cc1. The van der Waals surface area contributed by atoms with Gasteiger partial charge in [-0.3, -0.25) is 14.5 Å². The van der Waals surface area contributed by atoms with Crippen LogP contribution < -0.4 is 5.32 Å². The Kier molecular flexibility index (Phi) is 8.55. The Labute approximate surface area is 187 Å². The lowest BCUT2D eigenvalue weighted by Gasteiger charge is -2.35. The highest BCUT2D eigenvalue weighted by molar-refractivity contribution is 6.33. The molecule has 0 saturated carbocycles. The number of hydrogen-bond acceptors (Lipinski definition) is 3. The van der Waals surface area contributed by atoms with Gasteiger partial charge >= 0.3 is 0 Å². The molecule has 1 saturated heterocycles. The molecule has 160 valence electrons. The van der Waals surface area contributed by atoms with E-state index < -0.39 is 0 Å². The van der Waals surface area contributed by atoms with E-state index in [4.69, 9.17) is 23.2 Å². The van der Waals surface area contributed by atoms with Crippen LogP contribution in [0.3, 0.4) is 0 Å². The molecular formula is C23H27Cl2N3O2. The highest BCUT2D eigenvalue weighted by Crippen LogP contribution is 2.18. The van der Waals surface area contributed by atoms with Crippen LogP contribution in [0.15, 0.2) is 48.5 Å². The van der Waals surface area contributed by atoms with Gasteiger partial charge in [0.2, 0.25) is 0 Å². The fourth-order valence-electron chi connectivity index (χ4n) is 3.52. The fraction of sp³-hybridized carbons (Fsp3) is 0.391. The van der Waals surface area contributed by atoms with Crippen molar-refractivity contribution >= 4 is 35.0 Å². The van der Waals surface area contributed by atoms with E-state index in [9.17, 15) is 9.59 Å². The number of hydrogen-bond donors (Lipinski definition) is 1. The number of piperazine rings is 1. The van der Waals surface area contributed by atoms with Gasteiger partial charge in [-0.15, -0.1) is 0 Å². The van der Waals surface area contributed by atoms with Crippen molar-refractivity contribution in [3.05, 3.63) is 69.7 Å². The summed E-state index contributed by atoms with van der Waals surface area (Å²) in [5.41, 5.74) is 1.21. The molecule has 1 aliphatic heterocycles. The van der Waals surface area contributed by atoms with Crippen LogP contribution in [-0.2, 0) is 0 Å². The Morgan fingerprint density at radius 1 is 0.867 bits per heavy atom. The Balaban J connectivity index is 1.28. The van der Waals surface area contributed by atoms with E-state index in [1.165, 1.54) is 0 Å². The summed E-state index contributed by atoms with van der Waals surface area (Å²) in [4.78, 5) is 28.9. The lowest BCUT2D eigenvalue weighted by atomic mass is 10.1. The molecule has 1 fully saturated rings. The number of carbonyl (C=O) groups is 2. The number of halogens is 2. The summed E-state index contributed by atoms with van der Waals surface area (Å²) in [5, 5.41) is 4.08. The average Bonchev–Trinajstić information content (AvgIpc) is 2.77. The van der Waals surface area contributed by atoms with Gasteiger partial charge in [0.1, 0.15) is 0 Å². The summed E-state index contributed by atoms with van der Waals surface area (Å²) in [7, 11) is 0. The van der Waals surface area contributed by atoms with Crippen molar-refractivity contribution in [2.45, 2.75) is 19.3 Å². The molecule has 2 aromatic rings. The number of carbonyl (C=O) groups excluding carboxylic acids is 2. The molecule has 0 atom stereocenters. The highest BCUT2D eigenvalue weighted by Gasteiger charge is 2.23. The lowest BCUT2D eigenvalue weighted by Crippen LogP contribution is -2.48. The van der Waals surface area contributed by atoms with Crippen molar-refractivity contribution in [2.75, 3.05) is 39.3 Å². The second-order valence-electron chi connectivity index (χ2n) is 7.44. The Morgan fingerprint density at radius 3 is 2.27 bits per heavy atom. The smallest absolute Gasteiger partial charge is 0.255 e. The zero-order valence-corrected chi connectivity index (χ0v) is 18.5. The van der Waals surface area contributed by atoms with Gasteiger partial charge in [-0.2, -0.15) is 0 Å². The first-order chi connectivity index (χ1) is 14.5. The van der Waals surface area contributed by atoms with Gasteiger partial charge in [-0.1, -0.05) is 41.8 Å². The molecule has 2 amide bonds. The van der Waals surface area contributed by atoms with Crippen molar-refractivity contribution in [2.24, 2.45) is 0 Å². The van der Waals surface area contributed by atoms with Crippen molar-refractivity contribution in [1.82, 2.24) is 15.1 Å². The van der Waals surface area contributed by atoms with E-state index >= 15 is 0 Å². The molecule has 1 heterocycles. The molecular weight excluding hydrogens is 421 g/mol. The molecule has 7 heteroatoms. The van der Waals surface area contributed by atoms with Crippen LogP contribution in [0.2, 0.25) is 10.0 Å². The summed E-state index contributed by atoms with van der Waals surface area (Å²) in [6.45, 7) is 4.89. The first-order valence-corrected chi connectivity index (χ1v) is 11.1. The second-order valence-corrected chi connectivity index (χ2v) is 8.28. The van der Waals surface area contributed by atoms with E-state index in [0.717, 1.165) is 52.0 Å². The lowest BCUT2D eigenvalue weighted by molar-refractivity contribution is 0.0635. The van der Waals surface area contributed by atoms with Gasteiger partial charge in [0, 0.05) is 43.3 Å². The Bertz CT molecular complexity index is 850. The van der Waals surface area contributed by atoms with E-state index in [1.807, 2.05) is 17.0 Å². The third-order valence-electron chi connectivity index (χ3n) is 5.31. The molecule has 0 spiro atoms. The monoisotopic (exact) mass is 447 g/mol. The van der Waals surface area contributed by atoms with Gasteiger partial charge in [-0.05, 0) is 55.8 Å². The largest absolute Gasteiger partial charge is 0.352 e. The first kappa shape index (κ1) is 22.6. The van der Waals surface area contributed by atoms with E-state index in [0.29, 0.717) is 27.7 Å². The van der Waals surface area contributed by atoms with Crippen LogP contribution in [-0.4, -0.2) is 60.9 Å². The first-order valence-electron chi connectivity index (χ1n) is 10.3. The van der Waals surface area contributed by atoms with Crippen LogP contribution in [0.4, 0.5) is 0 Å². The van der Waals surface area contributed by atoms with E-state index in [1.54, 1.807) is 36.4 Å². The topological polar surface area (TPSA) is 52.7 Å². The average molecular weight is 448 g/mol. The fourth-order valence-corrected chi connectivity index (χ4v) is 3.86. The third kappa shape index (κ3) is 6.46. The quantitative estimate of drug-likeness (QED) is 0.611. The molecule has 1 aliphatic rings. The maximum Gasteiger partial charge on any atom is 0.255 e. The van der Waals surface area contributed by atoms with Gasteiger partial charge < -0.3 is 10.2 Å². The highest BCUT2D eigenvalue weighted by atomic mass is 35.5. The third-order valence-corrected chi connectivity index (χ3v) is 5.89.